The molecule has 6 atom stereocenters. The molecule has 1 saturated heterocycles. The molecule has 47 heavy (non-hydrogen) atoms. The lowest BCUT2D eigenvalue weighted by Gasteiger charge is -2.45. The number of carbonyl (C=O) groups is 2. The van der Waals surface area contributed by atoms with Crippen LogP contribution in [0.3, 0.4) is 0 Å². The zero-order valence-electron chi connectivity index (χ0n) is 26.9. The zero-order chi connectivity index (χ0) is 33.1. The summed E-state index contributed by atoms with van der Waals surface area (Å²) in [5.41, 5.74) is -2.55. The Morgan fingerprint density at radius 1 is 1.04 bits per heavy atom. The monoisotopic (exact) mass is 644 g/mol. The number of carbonyl (C=O) groups excluding carboxylic acids is 2. The first-order valence-corrected chi connectivity index (χ1v) is 16.0. The van der Waals surface area contributed by atoms with E-state index in [1.165, 1.54) is 7.11 Å². The fraction of sp³-hybridized carbons (Fsp3) is 0.444. The maximum absolute atomic E-state index is 15.2. The van der Waals surface area contributed by atoms with Crippen molar-refractivity contribution < 1.29 is 43.5 Å². The van der Waals surface area contributed by atoms with Crippen molar-refractivity contribution in [3.05, 3.63) is 77.4 Å². The SMILES string of the molecule is COc1ccc([C@]23Oc4cc5c(c(OC)c4[C@](O)([C@H](C(=O)N4CCCC4NC(=O)CC(C)C)[C@H]2c2ccccc2)[C@@H]3O)OCO5)cc1. The summed E-state index contributed by atoms with van der Waals surface area (Å²) in [5.74, 6) is -1.07. The van der Waals surface area contributed by atoms with Crippen LogP contribution in [-0.2, 0) is 20.8 Å². The Hall–Kier alpha value is -4.48. The molecule has 1 unspecified atom stereocenters. The number of nitrogens with zero attached hydrogens (tertiary/aromatic N) is 1. The summed E-state index contributed by atoms with van der Waals surface area (Å²) in [4.78, 5) is 29.7. The van der Waals surface area contributed by atoms with Crippen molar-refractivity contribution in [1.82, 2.24) is 10.2 Å². The number of ether oxygens (including phenoxy) is 5. The third-order valence-corrected chi connectivity index (χ3v) is 9.98. The van der Waals surface area contributed by atoms with E-state index >= 15 is 4.79 Å². The largest absolute Gasteiger partial charge is 0.497 e. The number of benzene rings is 3. The highest BCUT2D eigenvalue weighted by molar-refractivity contribution is 5.86. The smallest absolute Gasteiger partial charge is 0.231 e. The number of methoxy groups -OCH3 is 2. The molecule has 2 fully saturated rings. The van der Waals surface area contributed by atoms with Crippen molar-refractivity contribution in [2.75, 3.05) is 27.6 Å². The van der Waals surface area contributed by atoms with Crippen LogP contribution in [-0.4, -0.2) is 66.8 Å². The molecule has 11 heteroatoms. The van der Waals surface area contributed by atoms with Crippen LogP contribution >= 0.6 is 0 Å². The van der Waals surface area contributed by atoms with E-state index in [1.54, 1.807) is 42.3 Å². The highest BCUT2D eigenvalue weighted by atomic mass is 16.7. The van der Waals surface area contributed by atoms with E-state index in [4.69, 9.17) is 23.7 Å². The van der Waals surface area contributed by atoms with E-state index in [0.717, 1.165) is 0 Å². The second-order valence-electron chi connectivity index (χ2n) is 13.1. The Balaban J connectivity index is 1.46. The molecule has 1 saturated carbocycles. The molecule has 0 radical (unpaired) electrons. The van der Waals surface area contributed by atoms with Crippen LogP contribution in [0, 0.1) is 11.8 Å². The molecule has 4 aliphatic rings. The summed E-state index contributed by atoms with van der Waals surface area (Å²) in [5, 5.41) is 28.9. The molecule has 0 aromatic heterocycles. The second kappa shape index (κ2) is 11.6. The van der Waals surface area contributed by atoms with Gasteiger partial charge in [-0.1, -0.05) is 56.3 Å². The maximum atomic E-state index is 15.2. The van der Waals surface area contributed by atoms with E-state index < -0.39 is 41.2 Å². The number of hydrogen-bond donors (Lipinski definition) is 3. The van der Waals surface area contributed by atoms with Gasteiger partial charge in [0.2, 0.25) is 24.4 Å². The summed E-state index contributed by atoms with van der Waals surface area (Å²) in [6.07, 6.45) is -0.661. The Labute approximate surface area is 273 Å². The van der Waals surface area contributed by atoms with E-state index in [1.807, 2.05) is 44.2 Å². The van der Waals surface area contributed by atoms with Gasteiger partial charge < -0.3 is 44.1 Å². The molecular formula is C36H40N2O9. The Morgan fingerprint density at radius 2 is 1.79 bits per heavy atom. The van der Waals surface area contributed by atoms with Gasteiger partial charge in [0.25, 0.3) is 0 Å². The van der Waals surface area contributed by atoms with Crippen LogP contribution in [0.25, 0.3) is 0 Å². The molecule has 3 heterocycles. The van der Waals surface area contributed by atoms with E-state index in [9.17, 15) is 15.0 Å². The number of nitrogens with one attached hydrogen (secondary N) is 1. The third-order valence-electron chi connectivity index (χ3n) is 9.98. The van der Waals surface area contributed by atoms with E-state index in [0.29, 0.717) is 48.4 Å². The lowest BCUT2D eigenvalue weighted by atomic mass is 9.75. The molecule has 3 aromatic rings. The topological polar surface area (TPSA) is 136 Å². The van der Waals surface area contributed by atoms with Crippen molar-refractivity contribution >= 4 is 11.8 Å². The van der Waals surface area contributed by atoms with Gasteiger partial charge in [-0.15, -0.1) is 0 Å². The highest BCUT2D eigenvalue weighted by Gasteiger charge is 2.77. The Bertz CT molecular complexity index is 1680. The van der Waals surface area contributed by atoms with Crippen LogP contribution in [0.1, 0.15) is 55.7 Å². The van der Waals surface area contributed by atoms with Crippen LogP contribution in [0.15, 0.2) is 60.7 Å². The first kappa shape index (κ1) is 31.1. The minimum absolute atomic E-state index is 0.0697. The zero-order valence-corrected chi connectivity index (χ0v) is 26.9. The number of rotatable bonds is 8. The van der Waals surface area contributed by atoms with Crippen LogP contribution in [0.5, 0.6) is 28.7 Å². The average molecular weight is 645 g/mol. The third kappa shape index (κ3) is 4.62. The standard InChI is InChI=1S/C36H40N2O9/c1-20(2)17-27(39)37-26-11-8-16-38(26)33(40)30-28(21-9-6-5-7-10-21)36(22-12-14-23(43-3)15-13-22)34(41)35(30,42)29-24(47-36)18-25-31(32(29)44-4)46-19-45-25/h5-7,9-10,12-15,18,20,26,28,30,34,41-42H,8,11,16-17,19H2,1-4H3,(H,37,39)/t26?,28-,30+,34+,35+,36+/m1/s1. The van der Waals surface area contributed by atoms with Gasteiger partial charge in [-0.25, -0.2) is 0 Å². The highest BCUT2D eigenvalue weighted by Crippen LogP contribution is 2.70. The van der Waals surface area contributed by atoms with Crippen molar-refractivity contribution in [2.45, 2.75) is 62.5 Å². The van der Waals surface area contributed by atoms with Gasteiger partial charge in [-0.3, -0.25) is 9.59 Å². The predicted molar refractivity (Wildman–Crippen MR) is 169 cm³/mol. The molecule has 3 N–H and O–H groups in total. The quantitative estimate of drug-likeness (QED) is 0.335. The summed E-state index contributed by atoms with van der Waals surface area (Å²) < 4.78 is 29.7. The van der Waals surface area contributed by atoms with Crippen molar-refractivity contribution in [3.63, 3.8) is 0 Å². The molecule has 2 amide bonds. The normalized spacial score (nSPS) is 28.5. The van der Waals surface area contributed by atoms with Crippen molar-refractivity contribution in [1.29, 1.82) is 0 Å². The van der Waals surface area contributed by atoms with Gasteiger partial charge in [-0.2, -0.15) is 0 Å². The number of likely N-dealkylation sites (tertiary alicyclic amines) is 1. The first-order valence-electron chi connectivity index (χ1n) is 16.0. The van der Waals surface area contributed by atoms with Crippen LogP contribution in [0.4, 0.5) is 0 Å². The molecule has 3 aromatic carbocycles. The van der Waals surface area contributed by atoms with Gasteiger partial charge in [0.15, 0.2) is 17.1 Å². The van der Waals surface area contributed by atoms with E-state index in [-0.39, 0.29) is 41.4 Å². The number of hydrogen-bond acceptors (Lipinski definition) is 9. The molecule has 2 bridgehead atoms. The summed E-state index contributed by atoms with van der Waals surface area (Å²) >= 11 is 0. The molecule has 248 valence electrons. The second-order valence-corrected chi connectivity index (χ2v) is 13.1. The Morgan fingerprint density at radius 3 is 2.47 bits per heavy atom. The molecule has 0 spiro atoms. The predicted octanol–water partition coefficient (Wildman–Crippen LogP) is 3.79. The summed E-state index contributed by atoms with van der Waals surface area (Å²) in [7, 11) is 2.99. The fourth-order valence-corrected chi connectivity index (χ4v) is 8.06. The molecular weight excluding hydrogens is 604 g/mol. The lowest BCUT2D eigenvalue weighted by Crippen LogP contribution is -2.56. The molecule has 1 aliphatic carbocycles. The molecule has 7 rings (SSSR count). The average Bonchev–Trinajstić information content (AvgIpc) is 3.76. The lowest BCUT2D eigenvalue weighted by molar-refractivity contribution is -0.167. The van der Waals surface area contributed by atoms with E-state index in [2.05, 4.69) is 5.32 Å². The minimum atomic E-state index is -2.23. The van der Waals surface area contributed by atoms with Gasteiger partial charge in [0.1, 0.15) is 29.4 Å². The van der Waals surface area contributed by atoms with Gasteiger partial charge in [0.05, 0.1) is 25.7 Å². The summed E-state index contributed by atoms with van der Waals surface area (Å²) in [6, 6.07) is 18.0. The number of aliphatic hydroxyl groups is 2. The Kier molecular flexibility index (Phi) is 7.71. The number of fused-ring (bicyclic) bond motifs is 5. The van der Waals surface area contributed by atoms with Gasteiger partial charge in [0, 0.05) is 24.9 Å². The van der Waals surface area contributed by atoms with Gasteiger partial charge in [-0.05, 0) is 42.0 Å². The van der Waals surface area contributed by atoms with Crippen molar-refractivity contribution in [3.8, 4) is 28.7 Å². The summed E-state index contributed by atoms with van der Waals surface area (Å²) in [6.45, 7) is 4.23. The molecule has 3 aliphatic heterocycles. The van der Waals surface area contributed by atoms with Crippen LogP contribution < -0.4 is 29.0 Å². The minimum Gasteiger partial charge on any atom is -0.497 e. The van der Waals surface area contributed by atoms with Crippen molar-refractivity contribution in [2.24, 2.45) is 11.8 Å². The first-order chi connectivity index (χ1) is 22.6. The number of amides is 2. The maximum Gasteiger partial charge on any atom is 0.231 e. The van der Waals surface area contributed by atoms with Crippen LogP contribution in [0.2, 0.25) is 0 Å². The molecule has 11 nitrogen and oxygen atoms in total. The number of aliphatic hydroxyl groups excluding tert-OH is 1. The van der Waals surface area contributed by atoms with Gasteiger partial charge >= 0.3 is 0 Å². The fourth-order valence-electron chi connectivity index (χ4n) is 8.06.